The minimum Gasteiger partial charge on any atom is -0.465 e. The van der Waals surface area contributed by atoms with E-state index in [1.807, 2.05) is 6.92 Å². The van der Waals surface area contributed by atoms with Crippen molar-refractivity contribution in [2.75, 3.05) is 20.2 Å². The van der Waals surface area contributed by atoms with Crippen LogP contribution in [0.3, 0.4) is 0 Å². The van der Waals surface area contributed by atoms with E-state index in [2.05, 4.69) is 18.9 Å². The molecule has 1 rings (SSSR count). The van der Waals surface area contributed by atoms with E-state index in [0.29, 0.717) is 13.0 Å². The van der Waals surface area contributed by atoms with Crippen LogP contribution in [0.2, 0.25) is 0 Å². The molecule has 0 radical (unpaired) electrons. The quantitative estimate of drug-likeness (QED) is 0.730. The minimum absolute atomic E-state index is 0.288. The van der Waals surface area contributed by atoms with E-state index in [1.165, 1.54) is 32.1 Å². The zero-order valence-electron chi connectivity index (χ0n) is 13.7. The maximum absolute atomic E-state index is 11.8. The molecule has 1 fully saturated rings. The maximum atomic E-state index is 11.8. The predicted octanol–water partition coefficient (Wildman–Crippen LogP) is 2.56. The average Bonchev–Trinajstić information content (AvgIpc) is 2.39. The highest BCUT2D eigenvalue weighted by atomic mass is 16.5. The molecule has 0 spiro atoms. The standard InChI is InChI=1S/C16H32N2O2/c1-5-20-15(19)16(3,17)11-13(2)18(4)12-14-9-7-6-8-10-14/h13-14H,5-12,17H2,1-4H3. The number of rotatable bonds is 7. The van der Waals surface area contributed by atoms with E-state index in [0.717, 1.165) is 12.5 Å². The monoisotopic (exact) mass is 284 g/mol. The van der Waals surface area contributed by atoms with Crippen LogP contribution in [-0.4, -0.2) is 42.6 Å². The second-order valence-electron chi connectivity index (χ2n) is 6.63. The Balaban J connectivity index is 2.43. The van der Waals surface area contributed by atoms with Gasteiger partial charge in [0.05, 0.1) is 6.61 Å². The molecule has 0 aliphatic heterocycles. The van der Waals surface area contributed by atoms with Gasteiger partial charge in [-0.15, -0.1) is 0 Å². The molecule has 0 heterocycles. The van der Waals surface area contributed by atoms with Crippen LogP contribution in [0.4, 0.5) is 0 Å². The number of nitrogens with zero attached hydrogens (tertiary/aromatic N) is 1. The smallest absolute Gasteiger partial charge is 0.325 e. The van der Waals surface area contributed by atoms with Crippen LogP contribution in [0.5, 0.6) is 0 Å². The highest BCUT2D eigenvalue weighted by Gasteiger charge is 2.33. The van der Waals surface area contributed by atoms with Crippen LogP contribution >= 0.6 is 0 Å². The van der Waals surface area contributed by atoms with Crippen molar-refractivity contribution in [3.63, 3.8) is 0 Å². The molecule has 0 aromatic rings. The average molecular weight is 284 g/mol. The number of nitrogens with two attached hydrogens (primary N) is 1. The summed E-state index contributed by atoms with van der Waals surface area (Å²) in [5, 5.41) is 0. The van der Waals surface area contributed by atoms with Crippen molar-refractivity contribution < 1.29 is 9.53 Å². The van der Waals surface area contributed by atoms with Crippen molar-refractivity contribution in [2.24, 2.45) is 11.7 Å². The number of hydrogen-bond acceptors (Lipinski definition) is 4. The molecule has 4 nitrogen and oxygen atoms in total. The van der Waals surface area contributed by atoms with Crippen LogP contribution in [0.15, 0.2) is 0 Å². The Hall–Kier alpha value is -0.610. The van der Waals surface area contributed by atoms with Gasteiger partial charge in [-0.2, -0.15) is 0 Å². The first-order valence-electron chi connectivity index (χ1n) is 8.03. The van der Waals surface area contributed by atoms with Gasteiger partial charge in [-0.05, 0) is 53.0 Å². The Kier molecular flexibility index (Phi) is 6.96. The summed E-state index contributed by atoms with van der Waals surface area (Å²) in [7, 11) is 2.14. The summed E-state index contributed by atoms with van der Waals surface area (Å²) in [6.07, 6.45) is 7.44. The first-order valence-corrected chi connectivity index (χ1v) is 8.03. The largest absolute Gasteiger partial charge is 0.465 e. The number of carbonyl (C=O) groups is 1. The molecule has 0 amide bonds. The van der Waals surface area contributed by atoms with Gasteiger partial charge in [0.25, 0.3) is 0 Å². The Morgan fingerprint density at radius 3 is 2.55 bits per heavy atom. The van der Waals surface area contributed by atoms with Gasteiger partial charge in [-0.1, -0.05) is 19.3 Å². The molecule has 0 saturated heterocycles. The van der Waals surface area contributed by atoms with Crippen LogP contribution < -0.4 is 5.73 Å². The lowest BCUT2D eigenvalue weighted by molar-refractivity contribution is -0.149. The van der Waals surface area contributed by atoms with Gasteiger partial charge < -0.3 is 15.4 Å². The van der Waals surface area contributed by atoms with Gasteiger partial charge in [0, 0.05) is 12.6 Å². The molecular weight excluding hydrogens is 252 g/mol. The molecule has 0 aromatic carbocycles. The summed E-state index contributed by atoms with van der Waals surface area (Å²) in [5.74, 6) is 0.515. The van der Waals surface area contributed by atoms with E-state index in [1.54, 1.807) is 6.92 Å². The molecule has 1 aliphatic carbocycles. The second-order valence-corrected chi connectivity index (χ2v) is 6.63. The third kappa shape index (κ3) is 5.41. The fourth-order valence-electron chi connectivity index (χ4n) is 3.11. The Morgan fingerprint density at radius 2 is 2.00 bits per heavy atom. The van der Waals surface area contributed by atoms with Gasteiger partial charge in [-0.25, -0.2) is 0 Å². The van der Waals surface area contributed by atoms with Crippen LogP contribution in [0, 0.1) is 5.92 Å². The summed E-state index contributed by atoms with van der Waals surface area (Å²) >= 11 is 0. The fraction of sp³-hybridized carbons (Fsp3) is 0.938. The van der Waals surface area contributed by atoms with Gasteiger partial charge in [0.1, 0.15) is 5.54 Å². The lowest BCUT2D eigenvalue weighted by atomic mass is 9.88. The minimum atomic E-state index is -0.893. The normalized spacial score (nSPS) is 21.5. The highest BCUT2D eigenvalue weighted by molar-refractivity contribution is 5.80. The fourth-order valence-corrected chi connectivity index (χ4v) is 3.11. The topological polar surface area (TPSA) is 55.6 Å². The summed E-state index contributed by atoms with van der Waals surface area (Å²) in [6, 6.07) is 0.288. The van der Waals surface area contributed by atoms with Crippen molar-refractivity contribution in [3.05, 3.63) is 0 Å². The highest BCUT2D eigenvalue weighted by Crippen LogP contribution is 2.25. The molecule has 1 aliphatic rings. The molecular formula is C16H32N2O2. The van der Waals surface area contributed by atoms with Crippen LogP contribution in [0.25, 0.3) is 0 Å². The maximum Gasteiger partial charge on any atom is 0.325 e. The lowest BCUT2D eigenvalue weighted by Gasteiger charge is -2.34. The lowest BCUT2D eigenvalue weighted by Crippen LogP contribution is -2.51. The molecule has 2 atom stereocenters. The van der Waals surface area contributed by atoms with E-state index in [9.17, 15) is 4.79 Å². The van der Waals surface area contributed by atoms with Crippen LogP contribution in [0.1, 0.15) is 59.3 Å². The van der Waals surface area contributed by atoms with Gasteiger partial charge in [0.15, 0.2) is 0 Å². The van der Waals surface area contributed by atoms with Gasteiger partial charge in [0.2, 0.25) is 0 Å². The molecule has 1 saturated carbocycles. The third-order valence-corrected chi connectivity index (χ3v) is 4.48. The van der Waals surface area contributed by atoms with E-state index in [-0.39, 0.29) is 12.0 Å². The van der Waals surface area contributed by atoms with Gasteiger partial charge >= 0.3 is 5.97 Å². The second kappa shape index (κ2) is 7.99. The Bertz CT molecular complexity index is 299. The van der Waals surface area contributed by atoms with Crippen molar-refractivity contribution in [1.82, 2.24) is 4.90 Å². The summed E-state index contributed by atoms with van der Waals surface area (Å²) in [4.78, 5) is 14.2. The zero-order valence-corrected chi connectivity index (χ0v) is 13.7. The first-order chi connectivity index (χ1) is 9.36. The molecule has 0 bridgehead atoms. The number of hydrogen-bond donors (Lipinski definition) is 1. The van der Waals surface area contributed by atoms with Crippen molar-refractivity contribution >= 4 is 5.97 Å². The number of ether oxygens (including phenoxy) is 1. The van der Waals surface area contributed by atoms with Crippen molar-refractivity contribution in [1.29, 1.82) is 0 Å². The predicted molar refractivity (Wildman–Crippen MR) is 82.5 cm³/mol. The molecule has 0 aromatic heterocycles. The molecule has 20 heavy (non-hydrogen) atoms. The summed E-state index contributed by atoms with van der Waals surface area (Å²) < 4.78 is 5.05. The van der Waals surface area contributed by atoms with E-state index < -0.39 is 5.54 Å². The Labute approximate surface area is 124 Å². The number of carbonyl (C=O) groups excluding carboxylic acids is 1. The van der Waals surface area contributed by atoms with Crippen molar-refractivity contribution in [3.8, 4) is 0 Å². The molecule has 118 valence electrons. The first kappa shape index (κ1) is 17.4. The zero-order chi connectivity index (χ0) is 15.2. The molecule has 4 heteroatoms. The molecule has 2 N–H and O–H groups in total. The van der Waals surface area contributed by atoms with Crippen molar-refractivity contribution in [2.45, 2.75) is 70.9 Å². The SMILES string of the molecule is CCOC(=O)C(C)(N)CC(C)N(C)CC1CCCCC1. The van der Waals surface area contributed by atoms with E-state index >= 15 is 0 Å². The number of esters is 1. The van der Waals surface area contributed by atoms with Crippen LogP contribution in [-0.2, 0) is 9.53 Å². The third-order valence-electron chi connectivity index (χ3n) is 4.48. The Morgan fingerprint density at radius 1 is 1.40 bits per heavy atom. The van der Waals surface area contributed by atoms with E-state index in [4.69, 9.17) is 10.5 Å². The summed E-state index contributed by atoms with van der Waals surface area (Å²) in [5.41, 5.74) is 5.22. The molecule has 2 unspecified atom stereocenters. The summed E-state index contributed by atoms with van der Waals surface area (Å²) in [6.45, 7) is 7.23. The van der Waals surface area contributed by atoms with Gasteiger partial charge in [-0.3, -0.25) is 4.79 Å².